The third-order valence-electron chi connectivity index (χ3n) is 5.75. The van der Waals surface area contributed by atoms with Gasteiger partial charge in [-0.2, -0.15) is 0 Å². The summed E-state index contributed by atoms with van der Waals surface area (Å²) in [6.45, 7) is 6.13. The van der Waals surface area contributed by atoms with Gasteiger partial charge in [-0.15, -0.1) is 0 Å². The molecule has 4 nitrogen and oxygen atoms in total. The summed E-state index contributed by atoms with van der Waals surface area (Å²) in [5, 5.41) is 12.6. The molecular weight excluding hydrogens is 336 g/mol. The molecular formula is C23H34N2O2. The second-order valence-corrected chi connectivity index (χ2v) is 8.14. The lowest BCUT2D eigenvalue weighted by molar-refractivity contribution is 0.171. The first-order valence-electron chi connectivity index (χ1n) is 10.3. The molecule has 1 aliphatic rings. The standard InChI is InChI=1S/C23H34N2O2/c1-18-3-9-21(10-4-18)23-12-11-22(27-23)16-24-15-19-5-7-20(8-6-19)17-25(2)13-14-26/h3-4,9-12,19-20,24,26H,5-8,13-17H2,1-2H3. The Balaban J connectivity index is 1.37. The molecule has 2 aromatic rings. The first kappa shape index (κ1) is 20.1. The first-order chi connectivity index (χ1) is 13.1. The lowest BCUT2D eigenvalue weighted by Gasteiger charge is -2.31. The number of nitrogens with one attached hydrogen (secondary N) is 1. The molecule has 27 heavy (non-hydrogen) atoms. The number of aliphatic hydroxyl groups excluding tert-OH is 1. The highest BCUT2D eigenvalue weighted by molar-refractivity contribution is 5.57. The van der Waals surface area contributed by atoms with Crippen molar-refractivity contribution in [1.82, 2.24) is 10.2 Å². The fourth-order valence-electron chi connectivity index (χ4n) is 4.07. The van der Waals surface area contributed by atoms with E-state index < -0.39 is 0 Å². The van der Waals surface area contributed by atoms with E-state index in [-0.39, 0.29) is 6.61 Å². The topological polar surface area (TPSA) is 48.6 Å². The van der Waals surface area contributed by atoms with Gasteiger partial charge in [-0.05, 0) is 70.2 Å². The van der Waals surface area contributed by atoms with E-state index in [2.05, 4.69) is 60.6 Å². The summed E-state index contributed by atoms with van der Waals surface area (Å²) >= 11 is 0. The molecule has 1 aliphatic carbocycles. The molecule has 0 radical (unpaired) electrons. The predicted octanol–water partition coefficient (Wildman–Crippen LogP) is 4.08. The monoisotopic (exact) mass is 370 g/mol. The van der Waals surface area contributed by atoms with Crippen molar-refractivity contribution in [1.29, 1.82) is 0 Å². The Labute approximate surface area is 163 Å². The van der Waals surface area contributed by atoms with Gasteiger partial charge in [0.05, 0.1) is 13.2 Å². The van der Waals surface area contributed by atoms with E-state index in [1.165, 1.54) is 31.2 Å². The first-order valence-corrected chi connectivity index (χ1v) is 10.3. The van der Waals surface area contributed by atoms with Crippen LogP contribution in [-0.2, 0) is 6.54 Å². The van der Waals surface area contributed by atoms with Crippen molar-refractivity contribution < 1.29 is 9.52 Å². The van der Waals surface area contributed by atoms with E-state index in [0.717, 1.165) is 55.1 Å². The number of aliphatic hydroxyl groups is 1. The van der Waals surface area contributed by atoms with Gasteiger partial charge in [0.15, 0.2) is 0 Å². The molecule has 4 heteroatoms. The molecule has 0 unspecified atom stereocenters. The highest BCUT2D eigenvalue weighted by Gasteiger charge is 2.21. The summed E-state index contributed by atoms with van der Waals surface area (Å²) in [6, 6.07) is 12.6. The van der Waals surface area contributed by atoms with Crippen LogP contribution < -0.4 is 5.32 Å². The van der Waals surface area contributed by atoms with Gasteiger partial charge in [0.2, 0.25) is 0 Å². The van der Waals surface area contributed by atoms with Crippen LogP contribution in [0.5, 0.6) is 0 Å². The minimum atomic E-state index is 0.258. The van der Waals surface area contributed by atoms with E-state index in [9.17, 15) is 0 Å². The number of likely N-dealkylation sites (N-methyl/N-ethyl adjacent to an activating group) is 1. The number of aryl methyl sites for hydroxylation is 1. The van der Waals surface area contributed by atoms with Crippen molar-refractivity contribution in [3.05, 3.63) is 47.7 Å². The number of furan rings is 1. The average molecular weight is 371 g/mol. The third kappa shape index (κ3) is 6.20. The summed E-state index contributed by atoms with van der Waals surface area (Å²) in [6.07, 6.45) is 5.22. The molecule has 2 N–H and O–H groups in total. The van der Waals surface area contributed by atoms with Crippen LogP contribution in [-0.4, -0.2) is 43.3 Å². The minimum absolute atomic E-state index is 0.258. The quantitative estimate of drug-likeness (QED) is 0.698. The van der Waals surface area contributed by atoms with Crippen molar-refractivity contribution in [2.45, 2.75) is 39.2 Å². The van der Waals surface area contributed by atoms with Gasteiger partial charge in [0.1, 0.15) is 11.5 Å². The fraction of sp³-hybridized carbons (Fsp3) is 0.565. The zero-order valence-corrected chi connectivity index (χ0v) is 16.8. The SMILES string of the molecule is Cc1ccc(-c2ccc(CNCC3CCC(CN(C)CCO)CC3)o2)cc1. The normalized spacial score (nSPS) is 20.3. The summed E-state index contributed by atoms with van der Waals surface area (Å²) in [5.41, 5.74) is 2.40. The molecule has 3 rings (SSSR count). The second kappa shape index (κ2) is 10.1. The van der Waals surface area contributed by atoms with E-state index in [4.69, 9.17) is 9.52 Å². The lowest BCUT2D eigenvalue weighted by Crippen LogP contribution is -2.32. The Morgan fingerprint density at radius 2 is 1.74 bits per heavy atom. The van der Waals surface area contributed by atoms with Crippen molar-refractivity contribution in [2.24, 2.45) is 11.8 Å². The molecule has 1 fully saturated rings. The highest BCUT2D eigenvalue weighted by Crippen LogP contribution is 2.29. The van der Waals surface area contributed by atoms with Crippen LogP contribution in [0, 0.1) is 18.8 Å². The molecule has 0 aliphatic heterocycles. The van der Waals surface area contributed by atoms with Gasteiger partial charge in [-0.3, -0.25) is 0 Å². The predicted molar refractivity (Wildman–Crippen MR) is 111 cm³/mol. The summed E-state index contributed by atoms with van der Waals surface area (Å²) < 4.78 is 5.99. The van der Waals surface area contributed by atoms with Crippen molar-refractivity contribution in [3.8, 4) is 11.3 Å². The maximum absolute atomic E-state index is 9.02. The maximum atomic E-state index is 9.02. The summed E-state index contributed by atoms with van der Waals surface area (Å²) in [4.78, 5) is 2.26. The minimum Gasteiger partial charge on any atom is -0.460 e. The maximum Gasteiger partial charge on any atom is 0.134 e. The molecule has 1 aromatic heterocycles. The molecule has 1 saturated carbocycles. The van der Waals surface area contributed by atoms with Gasteiger partial charge in [-0.1, -0.05) is 29.8 Å². The zero-order chi connectivity index (χ0) is 19.1. The largest absolute Gasteiger partial charge is 0.460 e. The Morgan fingerprint density at radius 1 is 1.04 bits per heavy atom. The average Bonchev–Trinajstić information content (AvgIpc) is 3.13. The molecule has 0 saturated heterocycles. The van der Waals surface area contributed by atoms with E-state index >= 15 is 0 Å². The van der Waals surface area contributed by atoms with E-state index in [1.54, 1.807) is 0 Å². The van der Waals surface area contributed by atoms with Crippen molar-refractivity contribution >= 4 is 0 Å². The number of benzene rings is 1. The molecule has 0 bridgehead atoms. The molecule has 0 amide bonds. The highest BCUT2D eigenvalue weighted by atomic mass is 16.3. The smallest absolute Gasteiger partial charge is 0.134 e. The molecule has 0 atom stereocenters. The van der Waals surface area contributed by atoms with Gasteiger partial charge < -0.3 is 19.7 Å². The van der Waals surface area contributed by atoms with Gasteiger partial charge in [0.25, 0.3) is 0 Å². The molecule has 148 valence electrons. The Morgan fingerprint density at radius 3 is 2.44 bits per heavy atom. The Kier molecular flexibility index (Phi) is 7.50. The van der Waals surface area contributed by atoms with Gasteiger partial charge >= 0.3 is 0 Å². The van der Waals surface area contributed by atoms with Crippen LogP contribution in [0.25, 0.3) is 11.3 Å². The van der Waals surface area contributed by atoms with E-state index in [1.807, 2.05) is 0 Å². The number of rotatable bonds is 9. The van der Waals surface area contributed by atoms with Gasteiger partial charge in [-0.25, -0.2) is 0 Å². The van der Waals surface area contributed by atoms with Crippen molar-refractivity contribution in [2.75, 3.05) is 33.3 Å². The Hall–Kier alpha value is -1.62. The Bertz CT molecular complexity index is 672. The summed E-state index contributed by atoms with van der Waals surface area (Å²) in [7, 11) is 2.11. The number of hydrogen-bond donors (Lipinski definition) is 2. The van der Waals surface area contributed by atoms with E-state index in [0.29, 0.717) is 0 Å². The third-order valence-corrected chi connectivity index (χ3v) is 5.75. The van der Waals surface area contributed by atoms with Crippen LogP contribution in [0.2, 0.25) is 0 Å². The fourth-order valence-corrected chi connectivity index (χ4v) is 4.07. The zero-order valence-electron chi connectivity index (χ0n) is 16.8. The molecule has 1 heterocycles. The second-order valence-electron chi connectivity index (χ2n) is 8.14. The van der Waals surface area contributed by atoms with Crippen LogP contribution >= 0.6 is 0 Å². The number of nitrogens with zero attached hydrogens (tertiary/aromatic N) is 1. The lowest BCUT2D eigenvalue weighted by atomic mass is 9.81. The number of hydrogen-bond acceptors (Lipinski definition) is 4. The van der Waals surface area contributed by atoms with Crippen LogP contribution in [0.15, 0.2) is 40.8 Å². The molecule has 1 aromatic carbocycles. The summed E-state index contributed by atoms with van der Waals surface area (Å²) in [5.74, 6) is 3.51. The van der Waals surface area contributed by atoms with Crippen molar-refractivity contribution in [3.63, 3.8) is 0 Å². The van der Waals surface area contributed by atoms with Crippen LogP contribution in [0.4, 0.5) is 0 Å². The van der Waals surface area contributed by atoms with Gasteiger partial charge in [0, 0.05) is 18.7 Å². The van der Waals surface area contributed by atoms with Crippen LogP contribution in [0.3, 0.4) is 0 Å². The molecule has 0 spiro atoms. The van der Waals surface area contributed by atoms with Crippen LogP contribution in [0.1, 0.15) is 37.0 Å².